The minimum Gasteiger partial charge on any atom is -0.481 e. The summed E-state index contributed by atoms with van der Waals surface area (Å²) in [6.07, 6.45) is 1.01. The number of benzene rings is 1. The molecule has 0 aliphatic heterocycles. The molecule has 0 aliphatic carbocycles. The van der Waals surface area contributed by atoms with Gasteiger partial charge in [0.2, 0.25) is 10.0 Å². The summed E-state index contributed by atoms with van der Waals surface area (Å²) in [6.45, 7) is 1.61. The third kappa shape index (κ3) is 4.70. The maximum atomic E-state index is 12.1. The highest BCUT2D eigenvalue weighted by molar-refractivity contribution is 7.89. The Morgan fingerprint density at radius 2 is 2.19 bits per heavy atom. The number of nitriles is 1. The van der Waals surface area contributed by atoms with Gasteiger partial charge in [-0.15, -0.1) is 0 Å². The second-order valence-corrected chi connectivity index (χ2v) is 6.58. The zero-order valence-corrected chi connectivity index (χ0v) is 12.9. The summed E-state index contributed by atoms with van der Waals surface area (Å²) in [5, 5.41) is 17.6. The van der Waals surface area contributed by atoms with E-state index in [1.165, 1.54) is 18.2 Å². The molecule has 1 aromatic rings. The molecule has 1 unspecified atom stereocenters. The number of rotatable bonds is 7. The molecular formula is C13H15ClN2O4S. The molecule has 1 aromatic carbocycles. The van der Waals surface area contributed by atoms with E-state index in [1.807, 2.05) is 13.0 Å². The molecule has 0 spiro atoms. The van der Waals surface area contributed by atoms with Crippen LogP contribution in [-0.2, 0) is 14.8 Å². The Morgan fingerprint density at radius 3 is 2.67 bits per heavy atom. The van der Waals surface area contributed by atoms with Crippen molar-refractivity contribution in [2.45, 2.75) is 24.7 Å². The molecule has 0 radical (unpaired) electrons. The van der Waals surface area contributed by atoms with E-state index in [2.05, 4.69) is 4.72 Å². The van der Waals surface area contributed by atoms with Gasteiger partial charge in [0.25, 0.3) is 0 Å². The van der Waals surface area contributed by atoms with Crippen molar-refractivity contribution in [3.63, 3.8) is 0 Å². The molecule has 0 saturated heterocycles. The average molecular weight is 331 g/mol. The summed E-state index contributed by atoms with van der Waals surface area (Å²) in [4.78, 5) is 10.8. The van der Waals surface area contributed by atoms with Gasteiger partial charge >= 0.3 is 5.97 Å². The maximum Gasteiger partial charge on any atom is 0.307 e. The lowest BCUT2D eigenvalue weighted by Crippen LogP contribution is -2.33. The van der Waals surface area contributed by atoms with E-state index < -0.39 is 21.9 Å². The van der Waals surface area contributed by atoms with Crippen LogP contribution in [0.5, 0.6) is 0 Å². The fraction of sp³-hybridized carbons (Fsp3) is 0.385. The number of nitrogens with one attached hydrogen (secondary N) is 1. The summed E-state index contributed by atoms with van der Waals surface area (Å²) in [5.74, 6) is -1.84. The Balaban J connectivity index is 2.92. The Hall–Kier alpha value is -1.62. The molecule has 0 amide bonds. The van der Waals surface area contributed by atoms with Gasteiger partial charge in [0.1, 0.15) is 4.90 Å². The van der Waals surface area contributed by atoms with Gasteiger partial charge in [0, 0.05) is 6.54 Å². The number of aliphatic carboxylic acids is 1. The number of hydrogen-bond acceptors (Lipinski definition) is 4. The maximum absolute atomic E-state index is 12.1. The summed E-state index contributed by atoms with van der Waals surface area (Å²) in [5.41, 5.74) is 0.244. The third-order valence-electron chi connectivity index (χ3n) is 2.86. The zero-order valence-electron chi connectivity index (χ0n) is 11.3. The molecule has 0 bridgehead atoms. The van der Waals surface area contributed by atoms with E-state index in [1.54, 1.807) is 0 Å². The molecule has 0 heterocycles. The second-order valence-electron chi connectivity index (χ2n) is 4.43. The van der Waals surface area contributed by atoms with Crippen LogP contribution in [0, 0.1) is 17.2 Å². The number of sulfonamides is 1. The Morgan fingerprint density at radius 1 is 1.52 bits per heavy atom. The van der Waals surface area contributed by atoms with Gasteiger partial charge in [-0.05, 0) is 24.6 Å². The average Bonchev–Trinajstić information content (AvgIpc) is 2.42. The number of hydrogen-bond donors (Lipinski definition) is 2. The highest BCUT2D eigenvalue weighted by Gasteiger charge is 2.22. The molecule has 114 valence electrons. The molecule has 0 saturated carbocycles. The topological polar surface area (TPSA) is 107 Å². The van der Waals surface area contributed by atoms with Gasteiger partial charge in [0.15, 0.2) is 0 Å². The quantitative estimate of drug-likeness (QED) is 0.795. The number of halogens is 1. The molecule has 1 atom stereocenters. The van der Waals surface area contributed by atoms with Crippen molar-refractivity contribution >= 4 is 27.6 Å². The predicted molar refractivity (Wildman–Crippen MR) is 77.4 cm³/mol. The van der Waals surface area contributed by atoms with Crippen molar-refractivity contribution in [3.8, 4) is 6.07 Å². The van der Waals surface area contributed by atoms with Crippen LogP contribution in [0.25, 0.3) is 0 Å². The largest absolute Gasteiger partial charge is 0.481 e. The summed E-state index contributed by atoms with van der Waals surface area (Å²) < 4.78 is 26.5. The van der Waals surface area contributed by atoms with Crippen molar-refractivity contribution < 1.29 is 18.3 Å². The third-order valence-corrected chi connectivity index (χ3v) is 4.76. The van der Waals surface area contributed by atoms with Gasteiger partial charge in [-0.3, -0.25) is 4.79 Å². The van der Waals surface area contributed by atoms with Crippen molar-refractivity contribution in [1.82, 2.24) is 4.72 Å². The molecule has 2 N–H and O–H groups in total. The zero-order chi connectivity index (χ0) is 16.0. The lowest BCUT2D eigenvalue weighted by atomic mass is 10.1. The molecule has 1 rings (SSSR count). The highest BCUT2D eigenvalue weighted by Crippen LogP contribution is 2.22. The van der Waals surface area contributed by atoms with Crippen LogP contribution in [0.3, 0.4) is 0 Å². The first kappa shape index (κ1) is 17.4. The number of carboxylic acid groups (broad SMARTS) is 1. The molecule has 0 aliphatic rings. The van der Waals surface area contributed by atoms with Crippen LogP contribution < -0.4 is 4.72 Å². The monoisotopic (exact) mass is 330 g/mol. The van der Waals surface area contributed by atoms with E-state index in [-0.39, 0.29) is 22.0 Å². The first-order valence-electron chi connectivity index (χ1n) is 6.24. The number of carbonyl (C=O) groups is 1. The predicted octanol–water partition coefficient (Wildman–Crippen LogP) is 1.99. The van der Waals surface area contributed by atoms with E-state index in [0.29, 0.717) is 12.8 Å². The van der Waals surface area contributed by atoms with Crippen LogP contribution in [0.4, 0.5) is 0 Å². The molecule has 0 fully saturated rings. The van der Waals surface area contributed by atoms with E-state index in [0.717, 1.165) is 0 Å². The minimum atomic E-state index is -3.92. The lowest BCUT2D eigenvalue weighted by molar-refractivity contribution is -0.141. The van der Waals surface area contributed by atoms with Gasteiger partial charge < -0.3 is 5.11 Å². The molecule has 21 heavy (non-hydrogen) atoms. The molecule has 6 nitrogen and oxygen atoms in total. The van der Waals surface area contributed by atoms with Crippen molar-refractivity contribution in [2.24, 2.45) is 5.92 Å². The summed E-state index contributed by atoms with van der Waals surface area (Å²) in [7, 11) is -3.92. The fourth-order valence-corrected chi connectivity index (χ4v) is 3.36. The summed E-state index contributed by atoms with van der Waals surface area (Å²) >= 11 is 5.85. The van der Waals surface area contributed by atoms with Crippen LogP contribution >= 0.6 is 11.6 Å². The van der Waals surface area contributed by atoms with Gasteiger partial charge in [0.05, 0.1) is 22.6 Å². The fourth-order valence-electron chi connectivity index (χ4n) is 1.74. The first-order valence-corrected chi connectivity index (χ1v) is 8.10. The van der Waals surface area contributed by atoms with E-state index >= 15 is 0 Å². The van der Waals surface area contributed by atoms with Gasteiger partial charge in [-0.2, -0.15) is 5.26 Å². The van der Waals surface area contributed by atoms with Crippen molar-refractivity contribution in [2.75, 3.05) is 6.54 Å². The normalized spacial score (nSPS) is 12.6. The van der Waals surface area contributed by atoms with Gasteiger partial charge in [-0.1, -0.05) is 24.9 Å². The van der Waals surface area contributed by atoms with Crippen molar-refractivity contribution in [3.05, 3.63) is 28.8 Å². The lowest BCUT2D eigenvalue weighted by Gasteiger charge is -2.13. The first-order chi connectivity index (χ1) is 9.81. The smallest absolute Gasteiger partial charge is 0.307 e. The summed E-state index contributed by atoms with van der Waals surface area (Å²) in [6, 6.07) is 5.65. The number of carboxylic acids is 1. The van der Waals surface area contributed by atoms with E-state index in [9.17, 15) is 13.2 Å². The molecule has 0 aromatic heterocycles. The standard InChI is InChI=1S/C13H15ClN2O4S/c1-2-3-10(13(17)18)8-16-21(19,20)12-5-4-9(7-15)6-11(12)14/h4-6,10,16H,2-3,8H2,1H3,(H,17,18). The number of nitrogens with zero attached hydrogens (tertiary/aromatic N) is 1. The van der Waals surface area contributed by atoms with Crippen LogP contribution in [0.2, 0.25) is 5.02 Å². The SMILES string of the molecule is CCCC(CNS(=O)(=O)c1ccc(C#N)cc1Cl)C(=O)O. The molecule has 8 heteroatoms. The van der Waals surface area contributed by atoms with Gasteiger partial charge in [-0.25, -0.2) is 13.1 Å². The molecular weight excluding hydrogens is 316 g/mol. The van der Waals surface area contributed by atoms with Crippen LogP contribution in [0.15, 0.2) is 23.1 Å². The van der Waals surface area contributed by atoms with E-state index in [4.69, 9.17) is 22.0 Å². The van der Waals surface area contributed by atoms with Crippen LogP contribution in [0.1, 0.15) is 25.3 Å². The highest BCUT2D eigenvalue weighted by atomic mass is 35.5. The minimum absolute atomic E-state index is 0.0797. The second kappa shape index (κ2) is 7.41. The Kier molecular flexibility index (Phi) is 6.15. The Bertz CT molecular complexity index is 667. The van der Waals surface area contributed by atoms with Crippen molar-refractivity contribution in [1.29, 1.82) is 5.26 Å². The van der Waals surface area contributed by atoms with Crippen LogP contribution in [-0.4, -0.2) is 26.0 Å². The Labute approximate surface area is 128 Å².